The second-order valence-corrected chi connectivity index (χ2v) is 4.10. The summed E-state index contributed by atoms with van der Waals surface area (Å²) in [7, 11) is 0. The molecule has 0 aromatic carbocycles. The molecule has 0 radical (unpaired) electrons. The molecule has 0 aromatic heterocycles. The molecule has 0 aliphatic rings. The average Bonchev–Trinajstić information content (AvgIpc) is 2.18. The molecule has 0 aromatic rings. The van der Waals surface area contributed by atoms with Crippen LogP contribution in [0.4, 0.5) is 0 Å². The summed E-state index contributed by atoms with van der Waals surface area (Å²) in [5.74, 6) is -0.612. The van der Waals surface area contributed by atoms with E-state index in [0.29, 0.717) is 0 Å². The van der Waals surface area contributed by atoms with Crippen LogP contribution in [0.5, 0.6) is 0 Å². The van der Waals surface area contributed by atoms with E-state index < -0.39 is 11.4 Å². The molecule has 1 N–H and O–H groups in total. The fraction of sp³-hybridized carbons (Fsp3) is 0.917. The van der Waals surface area contributed by atoms with Gasteiger partial charge in [-0.25, -0.2) is 0 Å². The Balaban J connectivity index is 0. The molecular formula is C12H24NdO2. The van der Waals surface area contributed by atoms with Crippen molar-refractivity contribution in [3.8, 4) is 0 Å². The monoisotopic (exact) mass is 342 g/mol. The zero-order valence-electron chi connectivity index (χ0n) is 10.3. The minimum atomic E-state index is -0.612. The van der Waals surface area contributed by atoms with Crippen LogP contribution in [0, 0.1) is 46.3 Å². The zero-order valence-corrected chi connectivity index (χ0v) is 13.5. The molecule has 0 fully saturated rings. The van der Waals surface area contributed by atoms with Gasteiger partial charge >= 0.3 is 5.97 Å². The van der Waals surface area contributed by atoms with Crippen molar-refractivity contribution in [3.63, 3.8) is 0 Å². The molecule has 0 rings (SSSR count). The quantitative estimate of drug-likeness (QED) is 0.679. The Labute approximate surface area is 127 Å². The molecule has 0 saturated heterocycles. The van der Waals surface area contributed by atoms with E-state index in [-0.39, 0.29) is 40.8 Å². The summed E-state index contributed by atoms with van der Waals surface area (Å²) in [6.45, 7) is 6.14. The Hall–Kier alpha value is 0.821. The van der Waals surface area contributed by atoms with Gasteiger partial charge in [0.2, 0.25) is 0 Å². The molecule has 0 saturated carbocycles. The van der Waals surface area contributed by atoms with Crippen LogP contribution in [0.1, 0.15) is 65.7 Å². The van der Waals surface area contributed by atoms with Gasteiger partial charge in [0.1, 0.15) is 0 Å². The largest absolute Gasteiger partial charge is 0.481 e. The topological polar surface area (TPSA) is 37.3 Å². The van der Waals surface area contributed by atoms with Crippen LogP contribution in [-0.4, -0.2) is 11.1 Å². The third-order valence-corrected chi connectivity index (χ3v) is 3.32. The predicted octanol–water partition coefficient (Wildman–Crippen LogP) is 3.85. The Bertz CT molecular complexity index is 165. The molecule has 3 heteroatoms. The van der Waals surface area contributed by atoms with Gasteiger partial charge in [-0.05, 0) is 19.3 Å². The van der Waals surface area contributed by atoms with E-state index in [1.165, 1.54) is 19.3 Å². The van der Waals surface area contributed by atoms with Gasteiger partial charge in [-0.2, -0.15) is 0 Å². The van der Waals surface area contributed by atoms with Gasteiger partial charge in [0.25, 0.3) is 0 Å². The van der Waals surface area contributed by atoms with Gasteiger partial charge in [0.05, 0.1) is 5.41 Å². The number of unbranched alkanes of at least 4 members (excludes halogenated alkanes) is 3. The zero-order chi connectivity index (χ0) is 11.0. The molecule has 0 spiro atoms. The number of carboxylic acids is 1. The summed E-state index contributed by atoms with van der Waals surface area (Å²) in [5, 5.41) is 9.18. The fourth-order valence-corrected chi connectivity index (χ4v) is 1.90. The Morgan fingerprint density at radius 3 is 1.93 bits per heavy atom. The van der Waals surface area contributed by atoms with E-state index in [4.69, 9.17) is 0 Å². The van der Waals surface area contributed by atoms with Crippen LogP contribution in [0.2, 0.25) is 0 Å². The minimum absolute atomic E-state index is 0. The maximum atomic E-state index is 11.1. The van der Waals surface area contributed by atoms with Crippen molar-refractivity contribution in [2.45, 2.75) is 65.7 Å². The molecule has 0 heterocycles. The standard InChI is InChI=1S/C12H24O2.Nd/c1-4-7-8-9-10-12(5-2,6-3)11(13)14;/h4-10H2,1-3H3,(H,13,14);. The number of hydrogen-bond donors (Lipinski definition) is 1. The maximum Gasteiger partial charge on any atom is 0.309 e. The van der Waals surface area contributed by atoms with Gasteiger partial charge < -0.3 is 5.11 Å². The predicted molar refractivity (Wildman–Crippen MR) is 59.4 cm³/mol. The Morgan fingerprint density at radius 1 is 1.07 bits per heavy atom. The number of hydrogen-bond acceptors (Lipinski definition) is 1. The van der Waals surface area contributed by atoms with Crippen molar-refractivity contribution >= 4 is 5.97 Å². The van der Waals surface area contributed by atoms with Crippen LogP contribution in [0.15, 0.2) is 0 Å². The van der Waals surface area contributed by atoms with Gasteiger partial charge in [0.15, 0.2) is 0 Å². The maximum absolute atomic E-state index is 11.1. The molecule has 2 nitrogen and oxygen atoms in total. The first-order chi connectivity index (χ1) is 6.63. The molecular weight excluding hydrogens is 320 g/mol. The molecule has 0 bridgehead atoms. The molecule has 0 aliphatic carbocycles. The Morgan fingerprint density at radius 2 is 1.60 bits per heavy atom. The average molecular weight is 345 g/mol. The summed E-state index contributed by atoms with van der Waals surface area (Å²) >= 11 is 0. The summed E-state index contributed by atoms with van der Waals surface area (Å²) in [6.07, 6.45) is 7.01. The van der Waals surface area contributed by atoms with Gasteiger partial charge in [-0.15, -0.1) is 0 Å². The van der Waals surface area contributed by atoms with Gasteiger partial charge in [-0.1, -0.05) is 46.5 Å². The van der Waals surface area contributed by atoms with Crippen LogP contribution >= 0.6 is 0 Å². The third kappa shape index (κ3) is 6.20. The number of rotatable bonds is 8. The fourth-order valence-electron chi connectivity index (χ4n) is 1.90. The first-order valence-corrected chi connectivity index (χ1v) is 5.86. The molecule has 0 aliphatic heterocycles. The van der Waals surface area contributed by atoms with Crippen molar-refractivity contribution in [2.24, 2.45) is 5.41 Å². The smallest absolute Gasteiger partial charge is 0.309 e. The SMILES string of the molecule is CCCCCCC(CC)(CC)C(=O)O.[Nd]. The van der Waals surface area contributed by atoms with Crippen LogP contribution in [0.3, 0.4) is 0 Å². The summed E-state index contributed by atoms with van der Waals surface area (Å²) < 4.78 is 0. The van der Waals surface area contributed by atoms with Crippen LogP contribution < -0.4 is 0 Å². The second-order valence-electron chi connectivity index (χ2n) is 4.10. The first kappa shape index (κ1) is 18.2. The second kappa shape index (κ2) is 10.0. The van der Waals surface area contributed by atoms with Crippen molar-refractivity contribution in [1.29, 1.82) is 0 Å². The van der Waals surface area contributed by atoms with Crippen LogP contribution in [0.25, 0.3) is 0 Å². The van der Waals surface area contributed by atoms with Crippen molar-refractivity contribution < 1.29 is 50.7 Å². The normalized spacial score (nSPS) is 10.9. The molecule has 15 heavy (non-hydrogen) atoms. The molecule has 0 atom stereocenters. The van der Waals surface area contributed by atoms with Gasteiger partial charge in [0, 0.05) is 40.8 Å². The minimum Gasteiger partial charge on any atom is -0.481 e. The number of carboxylic acid groups (broad SMARTS) is 1. The first-order valence-electron chi connectivity index (χ1n) is 5.86. The molecule has 0 unspecified atom stereocenters. The van der Waals surface area contributed by atoms with E-state index in [2.05, 4.69) is 6.92 Å². The van der Waals surface area contributed by atoms with E-state index in [1.54, 1.807) is 0 Å². The summed E-state index contributed by atoms with van der Waals surface area (Å²) in [6, 6.07) is 0. The van der Waals surface area contributed by atoms with E-state index in [9.17, 15) is 9.90 Å². The molecule has 88 valence electrons. The van der Waals surface area contributed by atoms with Crippen molar-refractivity contribution in [2.75, 3.05) is 0 Å². The van der Waals surface area contributed by atoms with Crippen molar-refractivity contribution in [1.82, 2.24) is 0 Å². The van der Waals surface area contributed by atoms with E-state index >= 15 is 0 Å². The van der Waals surface area contributed by atoms with E-state index in [1.807, 2.05) is 13.8 Å². The summed E-state index contributed by atoms with van der Waals surface area (Å²) in [5.41, 5.74) is -0.451. The van der Waals surface area contributed by atoms with Crippen molar-refractivity contribution in [3.05, 3.63) is 0 Å². The van der Waals surface area contributed by atoms with Crippen LogP contribution in [-0.2, 0) is 4.79 Å². The third-order valence-electron chi connectivity index (χ3n) is 3.32. The Kier molecular flexibility index (Phi) is 12.1. The van der Waals surface area contributed by atoms with E-state index in [0.717, 1.165) is 25.7 Å². The number of carbonyl (C=O) groups is 1. The molecule has 0 amide bonds. The van der Waals surface area contributed by atoms with Gasteiger partial charge in [-0.3, -0.25) is 4.79 Å². The summed E-state index contributed by atoms with van der Waals surface area (Å²) in [4.78, 5) is 11.1. The number of aliphatic carboxylic acids is 1.